The first-order chi connectivity index (χ1) is 10.1. The third-order valence-electron chi connectivity index (χ3n) is 3.91. The van der Waals surface area contributed by atoms with E-state index in [0.29, 0.717) is 12.1 Å². The maximum absolute atomic E-state index is 12.8. The first-order valence-corrected chi connectivity index (χ1v) is 7.07. The van der Waals surface area contributed by atoms with E-state index in [-0.39, 0.29) is 18.6 Å². The lowest BCUT2D eigenvalue weighted by Crippen LogP contribution is -2.38. The van der Waals surface area contributed by atoms with Crippen LogP contribution >= 0.6 is 0 Å². The fourth-order valence-corrected chi connectivity index (χ4v) is 2.82. The van der Waals surface area contributed by atoms with Crippen LogP contribution in [0.5, 0.6) is 0 Å². The molecule has 0 fully saturated rings. The molecule has 1 atom stereocenters. The number of aromatic nitrogens is 1. The summed E-state index contributed by atoms with van der Waals surface area (Å²) in [5, 5.41) is 10.3. The van der Waals surface area contributed by atoms with Crippen molar-refractivity contribution in [2.24, 2.45) is 0 Å². The van der Waals surface area contributed by atoms with Crippen LogP contribution in [0.2, 0.25) is 0 Å². The highest BCUT2D eigenvalue weighted by atomic mass is 16.3. The number of aryl methyl sites for hydroxylation is 2. The van der Waals surface area contributed by atoms with Gasteiger partial charge in [-0.25, -0.2) is 0 Å². The molecule has 2 aromatic rings. The van der Waals surface area contributed by atoms with Crippen molar-refractivity contribution in [3.8, 4) is 0 Å². The van der Waals surface area contributed by atoms with Gasteiger partial charge in [0.2, 0.25) is 0 Å². The van der Waals surface area contributed by atoms with Gasteiger partial charge in [-0.15, -0.1) is 0 Å². The monoisotopic (exact) mass is 282 g/mol. The molecule has 4 heteroatoms. The summed E-state index contributed by atoms with van der Waals surface area (Å²) in [7, 11) is 0. The minimum atomic E-state index is -0.231. The van der Waals surface area contributed by atoms with Crippen molar-refractivity contribution in [2.75, 3.05) is 13.2 Å². The second-order valence-electron chi connectivity index (χ2n) is 5.42. The Balaban J connectivity index is 2.12. The van der Waals surface area contributed by atoms with Gasteiger partial charge in [0.1, 0.15) is 0 Å². The first-order valence-electron chi connectivity index (χ1n) is 7.07. The zero-order valence-corrected chi connectivity index (χ0v) is 12.2. The van der Waals surface area contributed by atoms with Gasteiger partial charge in [-0.2, -0.15) is 0 Å². The predicted molar refractivity (Wildman–Crippen MR) is 82.3 cm³/mol. The van der Waals surface area contributed by atoms with Crippen LogP contribution in [0.1, 0.15) is 21.6 Å². The first kappa shape index (κ1) is 13.8. The van der Waals surface area contributed by atoms with Crippen molar-refractivity contribution < 1.29 is 9.90 Å². The zero-order valence-electron chi connectivity index (χ0n) is 12.2. The minimum absolute atomic E-state index is 0.0523. The fraction of sp³-hybridized carbons (Fsp3) is 0.294. The number of benzene rings is 1. The molecule has 2 heterocycles. The zero-order chi connectivity index (χ0) is 15.0. The van der Waals surface area contributed by atoms with E-state index in [1.165, 1.54) is 0 Å². The fourth-order valence-electron chi connectivity index (χ4n) is 2.82. The van der Waals surface area contributed by atoms with E-state index >= 15 is 0 Å². The van der Waals surface area contributed by atoms with E-state index in [2.05, 4.69) is 4.98 Å². The average Bonchev–Trinajstić information content (AvgIpc) is 2.95. The number of para-hydroxylation sites is 1. The number of carbonyl (C=O) groups is 1. The molecule has 1 aromatic carbocycles. The Kier molecular flexibility index (Phi) is 3.47. The number of nitrogens with zero attached hydrogens (tertiary/aromatic N) is 2. The van der Waals surface area contributed by atoms with Crippen LogP contribution < -0.4 is 0 Å². The molecule has 1 N–H and O–H groups in total. The summed E-state index contributed by atoms with van der Waals surface area (Å²) >= 11 is 0. The number of fused-ring (bicyclic) bond motifs is 1. The van der Waals surface area contributed by atoms with Gasteiger partial charge >= 0.3 is 0 Å². The smallest absolute Gasteiger partial charge is 0.255 e. The quantitative estimate of drug-likeness (QED) is 0.859. The van der Waals surface area contributed by atoms with Crippen molar-refractivity contribution in [1.82, 2.24) is 9.88 Å². The summed E-state index contributed by atoms with van der Waals surface area (Å²) in [4.78, 5) is 19.1. The van der Waals surface area contributed by atoms with Gasteiger partial charge in [0, 0.05) is 17.6 Å². The summed E-state index contributed by atoms with van der Waals surface area (Å²) in [5.41, 5.74) is 3.41. The highest BCUT2D eigenvalue weighted by molar-refractivity contribution is 6.07. The molecular formula is C17H18N2O2. The van der Waals surface area contributed by atoms with Crippen molar-refractivity contribution in [1.29, 1.82) is 0 Å². The van der Waals surface area contributed by atoms with Gasteiger partial charge in [-0.05, 0) is 25.5 Å². The summed E-state index contributed by atoms with van der Waals surface area (Å²) in [6.45, 7) is 4.38. The molecule has 0 saturated heterocycles. The van der Waals surface area contributed by atoms with Crippen LogP contribution in [0.25, 0.3) is 10.9 Å². The topological polar surface area (TPSA) is 53.4 Å². The van der Waals surface area contributed by atoms with Crippen molar-refractivity contribution >= 4 is 16.8 Å². The number of rotatable bonds is 2. The molecule has 0 saturated carbocycles. The molecule has 0 bridgehead atoms. The Morgan fingerprint density at radius 3 is 3.00 bits per heavy atom. The van der Waals surface area contributed by atoms with Crippen molar-refractivity contribution in [3.05, 3.63) is 53.2 Å². The van der Waals surface area contributed by atoms with E-state index in [9.17, 15) is 9.90 Å². The third-order valence-corrected chi connectivity index (χ3v) is 3.91. The SMILES string of the molecule is Cc1cc(C(=O)N2CC=C[C@@H]2CO)c2cccc(C)c2n1. The minimum Gasteiger partial charge on any atom is -0.394 e. The van der Waals surface area contributed by atoms with Gasteiger partial charge in [0.05, 0.1) is 23.7 Å². The molecule has 1 amide bonds. The molecule has 1 aliphatic rings. The number of aliphatic hydroxyl groups is 1. The van der Waals surface area contributed by atoms with Crippen LogP contribution in [0.3, 0.4) is 0 Å². The van der Waals surface area contributed by atoms with Gasteiger partial charge in [-0.1, -0.05) is 30.4 Å². The van der Waals surface area contributed by atoms with Crippen LogP contribution in [0.15, 0.2) is 36.4 Å². The maximum Gasteiger partial charge on any atom is 0.255 e. The number of carbonyl (C=O) groups excluding carboxylic acids is 1. The second kappa shape index (κ2) is 5.30. The lowest BCUT2D eigenvalue weighted by molar-refractivity contribution is 0.0702. The Morgan fingerprint density at radius 2 is 2.24 bits per heavy atom. The lowest BCUT2D eigenvalue weighted by Gasteiger charge is -2.24. The normalized spacial score (nSPS) is 17.7. The lowest BCUT2D eigenvalue weighted by atomic mass is 10.0. The Labute approximate surface area is 123 Å². The third kappa shape index (κ3) is 2.32. The summed E-state index contributed by atoms with van der Waals surface area (Å²) < 4.78 is 0. The number of hydrogen-bond donors (Lipinski definition) is 1. The standard InChI is InChI=1S/C17H18N2O2/c1-11-5-3-7-14-15(9-12(2)18-16(11)14)17(21)19-8-4-6-13(19)10-20/h3-7,9,13,20H,8,10H2,1-2H3/t13-/m1/s1. The predicted octanol–water partition coefficient (Wildman–Crippen LogP) is 2.22. The molecule has 0 aliphatic carbocycles. The van der Waals surface area contributed by atoms with Crippen LogP contribution in [-0.4, -0.2) is 40.1 Å². The molecule has 108 valence electrons. The average molecular weight is 282 g/mol. The highest BCUT2D eigenvalue weighted by Gasteiger charge is 2.26. The van der Waals surface area contributed by atoms with Gasteiger partial charge in [0.25, 0.3) is 5.91 Å². The van der Waals surface area contributed by atoms with E-state index in [0.717, 1.165) is 22.2 Å². The van der Waals surface area contributed by atoms with E-state index < -0.39 is 0 Å². The van der Waals surface area contributed by atoms with E-state index in [4.69, 9.17) is 0 Å². The molecule has 1 aliphatic heterocycles. The van der Waals surface area contributed by atoms with E-state index in [1.54, 1.807) is 4.90 Å². The molecule has 0 unspecified atom stereocenters. The van der Waals surface area contributed by atoms with Crippen molar-refractivity contribution in [2.45, 2.75) is 19.9 Å². The number of aliphatic hydroxyl groups excluding tert-OH is 1. The summed E-state index contributed by atoms with van der Waals surface area (Å²) in [6.07, 6.45) is 3.79. The highest BCUT2D eigenvalue weighted by Crippen LogP contribution is 2.24. The maximum atomic E-state index is 12.8. The molecule has 1 aromatic heterocycles. The largest absolute Gasteiger partial charge is 0.394 e. The van der Waals surface area contributed by atoms with Crippen LogP contribution in [0.4, 0.5) is 0 Å². The molecule has 21 heavy (non-hydrogen) atoms. The molecule has 3 rings (SSSR count). The Bertz CT molecular complexity index is 737. The van der Waals surface area contributed by atoms with Crippen LogP contribution in [-0.2, 0) is 0 Å². The number of pyridine rings is 1. The molecule has 0 radical (unpaired) electrons. The van der Waals surface area contributed by atoms with Gasteiger partial charge in [0.15, 0.2) is 0 Å². The van der Waals surface area contributed by atoms with Crippen LogP contribution in [0, 0.1) is 13.8 Å². The molecule has 4 nitrogen and oxygen atoms in total. The van der Waals surface area contributed by atoms with Gasteiger partial charge in [-0.3, -0.25) is 9.78 Å². The van der Waals surface area contributed by atoms with Gasteiger partial charge < -0.3 is 10.0 Å². The van der Waals surface area contributed by atoms with E-state index in [1.807, 2.05) is 50.3 Å². The molecule has 0 spiro atoms. The molecular weight excluding hydrogens is 264 g/mol. The summed E-state index contributed by atoms with van der Waals surface area (Å²) in [6, 6.07) is 7.47. The number of amides is 1. The van der Waals surface area contributed by atoms with Crippen molar-refractivity contribution in [3.63, 3.8) is 0 Å². The Morgan fingerprint density at radius 1 is 1.43 bits per heavy atom. The second-order valence-corrected chi connectivity index (χ2v) is 5.42. The Hall–Kier alpha value is -2.20. The summed E-state index contributed by atoms with van der Waals surface area (Å²) in [5.74, 6) is -0.0554. The number of hydrogen-bond acceptors (Lipinski definition) is 3.